The first kappa shape index (κ1) is 62.9. The molecule has 1 aliphatic carbocycles. The SMILES string of the molecule is CCCCCCCCCCCCC1(CCCCCCCCCCCC)c2cc(-c3ccc4c5nc6cc(F)c(F)cc6nc5n(C(=O)OC(C)(C)C)c4c3)ccc2-c2ccc(-c3ccc4c5nc6cc(F)c(F)cc6nc5n(C(=O)OC(C)(C)C)c4c3)cc21. The van der Waals surface area contributed by atoms with E-state index < -0.39 is 46.7 Å². The molecule has 4 heterocycles. The maximum atomic E-state index is 14.7. The van der Waals surface area contributed by atoms with Crippen LogP contribution in [0.4, 0.5) is 27.2 Å². The third-order valence-electron chi connectivity index (χ3n) is 17.9. The van der Waals surface area contributed by atoms with Crippen molar-refractivity contribution in [2.45, 2.75) is 213 Å². The van der Waals surface area contributed by atoms with Gasteiger partial charge in [0.15, 0.2) is 34.6 Å². The monoisotopic (exact) mass is 1210 g/mol. The third kappa shape index (κ3) is 13.3. The number of fused-ring (bicyclic) bond motifs is 11. The molecule has 14 heteroatoms. The van der Waals surface area contributed by atoms with Crippen molar-refractivity contribution in [1.82, 2.24) is 29.1 Å². The maximum absolute atomic E-state index is 14.7. The van der Waals surface area contributed by atoms with E-state index >= 15 is 0 Å². The Balaban J connectivity index is 1.03. The van der Waals surface area contributed by atoms with Gasteiger partial charge >= 0.3 is 12.2 Å². The van der Waals surface area contributed by atoms with E-state index in [1.54, 1.807) is 41.5 Å². The molecule has 0 unspecified atom stereocenters. The summed E-state index contributed by atoms with van der Waals surface area (Å²) >= 11 is 0. The number of hydrogen-bond acceptors (Lipinski definition) is 8. The molecule has 89 heavy (non-hydrogen) atoms. The van der Waals surface area contributed by atoms with E-state index in [1.165, 1.54) is 134 Å². The standard InChI is InChI=1S/C75H84F4N6O4/c1-9-11-13-15-17-19-21-23-25-27-37-75(38-28-26-24-22-20-18-16-14-12-10-2)55-39-47(49-31-35-53-65(41-49)84(71(86)88-73(3,4)5)69-67(53)80-61-43-57(76)59(78)45-63(61)82-69)29-33-51(55)52-34-30-48(40-56(52)75)50-32-36-54-66(42-50)85(72(87)89-74(6,7)8)70-68(54)81-62-44-58(77)60(79)46-64(62)83-70/h29-36,39-46H,9-28,37-38H2,1-8H3. The molecule has 4 aromatic heterocycles. The number of benzene rings is 6. The highest BCUT2D eigenvalue weighted by molar-refractivity contribution is 6.13. The first-order chi connectivity index (χ1) is 42.8. The average molecular weight is 1210 g/mol. The van der Waals surface area contributed by atoms with Gasteiger partial charge in [0.25, 0.3) is 0 Å². The number of unbranched alkanes of at least 4 members (excludes halogenated alkanes) is 18. The summed E-state index contributed by atoms with van der Waals surface area (Å²) in [5, 5.41) is 1.23. The van der Waals surface area contributed by atoms with E-state index in [2.05, 4.69) is 50.2 Å². The molecule has 11 rings (SSSR count). The van der Waals surface area contributed by atoms with Crippen LogP contribution in [0.5, 0.6) is 0 Å². The average Bonchev–Trinajstić information content (AvgIpc) is 1.59. The number of aromatic nitrogens is 6. The van der Waals surface area contributed by atoms with Crippen molar-refractivity contribution in [3.8, 4) is 33.4 Å². The largest absolute Gasteiger partial charge is 0.443 e. The van der Waals surface area contributed by atoms with Gasteiger partial charge in [0.1, 0.15) is 22.2 Å². The van der Waals surface area contributed by atoms with E-state index in [-0.39, 0.29) is 38.8 Å². The summed E-state index contributed by atoms with van der Waals surface area (Å²) in [4.78, 5) is 47.8. The Hall–Kier alpha value is -7.74. The molecule has 0 atom stereocenters. The van der Waals surface area contributed by atoms with Crippen molar-refractivity contribution in [3.63, 3.8) is 0 Å². The highest BCUT2D eigenvalue weighted by Gasteiger charge is 2.43. The van der Waals surface area contributed by atoms with E-state index in [1.807, 2.05) is 36.4 Å². The van der Waals surface area contributed by atoms with Gasteiger partial charge in [-0.05, 0) is 135 Å². The lowest BCUT2D eigenvalue weighted by atomic mass is 9.70. The van der Waals surface area contributed by atoms with Gasteiger partial charge in [-0.3, -0.25) is 0 Å². The van der Waals surface area contributed by atoms with Crippen molar-refractivity contribution in [1.29, 1.82) is 0 Å². The Morgan fingerprint density at radius 2 is 0.708 bits per heavy atom. The van der Waals surface area contributed by atoms with Crippen molar-refractivity contribution in [3.05, 3.63) is 131 Å². The van der Waals surface area contributed by atoms with Crippen LogP contribution in [0, 0.1) is 23.3 Å². The fourth-order valence-electron chi connectivity index (χ4n) is 13.5. The maximum Gasteiger partial charge on any atom is 0.420 e. The number of nitrogens with zero attached hydrogens (tertiary/aromatic N) is 6. The Labute approximate surface area is 519 Å². The van der Waals surface area contributed by atoms with Gasteiger partial charge in [0, 0.05) is 40.5 Å². The Morgan fingerprint density at radius 3 is 1.04 bits per heavy atom. The summed E-state index contributed by atoms with van der Waals surface area (Å²) in [7, 11) is 0. The number of halogens is 4. The number of ether oxygens (including phenoxy) is 2. The molecule has 6 aromatic carbocycles. The third-order valence-corrected chi connectivity index (χ3v) is 17.9. The van der Waals surface area contributed by atoms with Crippen LogP contribution < -0.4 is 0 Å². The molecule has 0 spiro atoms. The van der Waals surface area contributed by atoms with E-state index in [0.29, 0.717) is 32.8 Å². The zero-order valence-corrected chi connectivity index (χ0v) is 53.1. The van der Waals surface area contributed by atoms with Crippen LogP contribution in [-0.2, 0) is 14.9 Å². The summed E-state index contributed by atoms with van der Waals surface area (Å²) in [5.41, 5.74) is 9.05. The van der Waals surface area contributed by atoms with Crippen LogP contribution in [0.25, 0.3) is 99.6 Å². The fraction of sp³-hybridized carbons (Fsp3) is 0.440. The summed E-state index contributed by atoms with van der Waals surface area (Å²) in [6, 6.07) is 29.5. The molecule has 0 aliphatic heterocycles. The summed E-state index contributed by atoms with van der Waals surface area (Å²) < 4.78 is 73.6. The van der Waals surface area contributed by atoms with Gasteiger partial charge in [-0.25, -0.2) is 56.2 Å². The zero-order chi connectivity index (χ0) is 62.8. The second kappa shape index (κ2) is 26.4. The molecule has 10 nitrogen and oxygen atoms in total. The lowest BCUT2D eigenvalue weighted by Crippen LogP contribution is -2.27. The first-order valence-electron chi connectivity index (χ1n) is 32.7. The predicted molar refractivity (Wildman–Crippen MR) is 352 cm³/mol. The van der Waals surface area contributed by atoms with Gasteiger partial charge in [0.2, 0.25) is 0 Å². The molecule has 0 N–H and O–H groups in total. The van der Waals surface area contributed by atoms with Crippen molar-refractivity contribution in [2.75, 3.05) is 0 Å². The molecule has 466 valence electrons. The van der Waals surface area contributed by atoms with Crippen molar-refractivity contribution >= 4 is 78.4 Å². The molecule has 10 aromatic rings. The minimum Gasteiger partial charge on any atom is -0.443 e. The van der Waals surface area contributed by atoms with Crippen LogP contribution in [0.15, 0.2) is 97.1 Å². The van der Waals surface area contributed by atoms with Crippen LogP contribution in [-0.4, -0.2) is 52.5 Å². The summed E-state index contributed by atoms with van der Waals surface area (Å²) in [6.45, 7) is 15.3. The Kier molecular flexibility index (Phi) is 18.6. The zero-order valence-electron chi connectivity index (χ0n) is 53.1. The second-order valence-electron chi connectivity index (χ2n) is 26.9. The molecule has 0 amide bonds. The van der Waals surface area contributed by atoms with Gasteiger partial charge in [-0.15, -0.1) is 0 Å². The number of rotatable bonds is 24. The van der Waals surface area contributed by atoms with Gasteiger partial charge in [0.05, 0.1) is 33.1 Å². The van der Waals surface area contributed by atoms with E-state index in [9.17, 15) is 27.2 Å². The van der Waals surface area contributed by atoms with Crippen LogP contribution in [0.2, 0.25) is 0 Å². The van der Waals surface area contributed by atoms with Crippen molar-refractivity contribution < 1.29 is 36.6 Å². The molecule has 1 aliphatic rings. The minimum absolute atomic E-state index is 0.109. The number of hydrogen-bond donors (Lipinski definition) is 0. The molecular weight excluding hydrogens is 1120 g/mol. The quantitative estimate of drug-likeness (QED) is 0.0434. The molecule has 0 radical (unpaired) electrons. The molecule has 0 fully saturated rings. The Bertz CT molecular complexity index is 4010. The van der Waals surface area contributed by atoms with Crippen LogP contribution in [0.3, 0.4) is 0 Å². The number of carbonyl (C=O) groups excluding carboxylic acids is 2. The number of carbonyl (C=O) groups is 2. The molecule has 0 saturated heterocycles. The highest BCUT2D eigenvalue weighted by atomic mass is 19.2. The first-order valence-corrected chi connectivity index (χ1v) is 32.7. The van der Waals surface area contributed by atoms with E-state index in [0.717, 1.165) is 85.0 Å². The fourth-order valence-corrected chi connectivity index (χ4v) is 13.5. The predicted octanol–water partition coefficient (Wildman–Crippen LogP) is 22.1. The van der Waals surface area contributed by atoms with E-state index in [4.69, 9.17) is 29.4 Å². The van der Waals surface area contributed by atoms with Gasteiger partial charge in [-0.2, -0.15) is 0 Å². The van der Waals surface area contributed by atoms with Gasteiger partial charge < -0.3 is 9.47 Å². The van der Waals surface area contributed by atoms with Crippen molar-refractivity contribution in [2.24, 2.45) is 0 Å². The molecule has 0 saturated carbocycles. The summed E-state index contributed by atoms with van der Waals surface area (Å²) in [5.74, 6) is -4.20. The lowest BCUT2D eigenvalue weighted by Gasteiger charge is -2.33. The summed E-state index contributed by atoms with van der Waals surface area (Å²) in [6.07, 6.45) is 24.9. The smallest absolute Gasteiger partial charge is 0.420 e. The molecular formula is C75H84F4N6O4. The van der Waals surface area contributed by atoms with Gasteiger partial charge in [-0.1, -0.05) is 179 Å². The second-order valence-corrected chi connectivity index (χ2v) is 26.9. The highest BCUT2D eigenvalue weighted by Crippen LogP contribution is 2.56. The lowest BCUT2D eigenvalue weighted by molar-refractivity contribution is 0.0539. The normalized spacial score (nSPS) is 13.2. The van der Waals surface area contributed by atoms with Crippen LogP contribution in [0.1, 0.15) is 208 Å². The van der Waals surface area contributed by atoms with Crippen LogP contribution >= 0.6 is 0 Å². The minimum atomic E-state index is -1.06. The molecule has 0 bridgehead atoms. The Morgan fingerprint density at radius 1 is 0.404 bits per heavy atom. The topological polar surface area (TPSA) is 114 Å².